The molecule has 0 radical (unpaired) electrons. The summed E-state index contributed by atoms with van der Waals surface area (Å²) in [6.07, 6.45) is 2.08. The van der Waals surface area contributed by atoms with Gasteiger partial charge in [-0.2, -0.15) is 4.98 Å². The molecule has 44 heavy (non-hydrogen) atoms. The second-order valence-electron chi connectivity index (χ2n) is 11.7. The lowest BCUT2D eigenvalue weighted by atomic mass is 9.95. The molecule has 5 N–H and O–H groups in total. The largest absolute Gasteiger partial charge is 0.451 e. The van der Waals surface area contributed by atoms with Gasteiger partial charge in [0.1, 0.15) is 22.5 Å². The average molecular weight is 608 g/mol. The van der Waals surface area contributed by atoms with E-state index in [0.29, 0.717) is 29.7 Å². The number of aliphatic hydroxyl groups is 1. The lowest BCUT2D eigenvalue weighted by molar-refractivity contribution is -0.163. The third-order valence-corrected chi connectivity index (χ3v) is 8.11. The Kier molecular flexibility index (Phi) is 7.20. The first-order valence-corrected chi connectivity index (χ1v) is 14.1. The Hall–Kier alpha value is -4.69. The maximum atomic E-state index is 13.4. The summed E-state index contributed by atoms with van der Waals surface area (Å²) < 4.78 is 32.3. The fraction of sp³-hybridized carbons (Fsp3) is 0.367. The number of carbonyl (C=O) groups is 3. The van der Waals surface area contributed by atoms with Crippen molar-refractivity contribution in [2.45, 2.75) is 49.8 Å². The van der Waals surface area contributed by atoms with Gasteiger partial charge in [-0.3, -0.25) is 25.3 Å². The summed E-state index contributed by atoms with van der Waals surface area (Å²) in [6, 6.07) is 13.5. The Bertz CT molecular complexity index is 1620. The maximum Gasteiger partial charge on any atom is 0.339 e. The molecule has 0 bridgehead atoms. The number of aliphatic hydroxyl groups excluding tert-OH is 1. The summed E-state index contributed by atoms with van der Waals surface area (Å²) >= 11 is 0. The highest BCUT2D eigenvalue weighted by molar-refractivity contribution is 6.00. The topological polar surface area (TPSA) is 158 Å². The van der Waals surface area contributed by atoms with E-state index in [9.17, 15) is 28.3 Å². The van der Waals surface area contributed by atoms with Gasteiger partial charge in [-0.15, -0.1) is 0 Å². The number of ether oxygens (including phenoxy) is 1. The van der Waals surface area contributed by atoms with E-state index in [1.54, 1.807) is 56.3 Å². The van der Waals surface area contributed by atoms with Crippen molar-refractivity contribution in [2.24, 2.45) is 0 Å². The van der Waals surface area contributed by atoms with E-state index in [4.69, 9.17) is 4.74 Å². The van der Waals surface area contributed by atoms with Crippen molar-refractivity contribution in [3.8, 4) is 0 Å². The molecule has 6 rings (SSSR count). The van der Waals surface area contributed by atoms with Crippen molar-refractivity contribution in [3.63, 3.8) is 0 Å². The zero-order valence-electron chi connectivity index (χ0n) is 24.0. The molecule has 0 spiro atoms. The summed E-state index contributed by atoms with van der Waals surface area (Å²) in [5, 5.41) is 16.3. The molecule has 0 unspecified atom stereocenters. The Balaban J connectivity index is 1.23. The number of hydrogen-bond donors (Lipinski definition) is 5. The van der Waals surface area contributed by atoms with Crippen molar-refractivity contribution in [1.82, 2.24) is 25.7 Å². The molecule has 1 aliphatic carbocycles. The standard InChI is InChI=1S/C30H31F2N7O5/c1-28(2)21-12-18(8-9-19(21)25(42)44-28)34-27-33-13-20(23(36-27)35-22(14-40)17-6-4-3-5-7-17)24(41)37-38-26(43)29(10-11-29)39-15-30(31,32)16-39/h3-9,12-13,22,40H,10-11,14-16H2,1-2H3,(H,37,41)(H,38,43)(H2,33,34,35,36)/t22-/m1/s1. The quantitative estimate of drug-likeness (QED) is 0.181. The molecular weight excluding hydrogens is 576 g/mol. The lowest BCUT2D eigenvalue weighted by Gasteiger charge is -2.43. The highest BCUT2D eigenvalue weighted by atomic mass is 19.3. The number of nitrogens with one attached hydrogen (secondary N) is 4. The number of fused-ring (bicyclic) bond motifs is 1. The molecule has 2 aromatic carbocycles. The zero-order chi connectivity index (χ0) is 31.3. The number of hydrogen-bond acceptors (Lipinski definition) is 10. The van der Waals surface area contributed by atoms with Crippen molar-refractivity contribution in [1.29, 1.82) is 0 Å². The van der Waals surface area contributed by atoms with Crippen molar-refractivity contribution in [2.75, 3.05) is 30.3 Å². The number of anilines is 3. The average Bonchev–Trinajstić information content (AvgIpc) is 3.75. The molecule has 2 aliphatic heterocycles. The molecule has 230 valence electrons. The van der Waals surface area contributed by atoms with Crippen LogP contribution in [0, 0.1) is 0 Å². The van der Waals surface area contributed by atoms with E-state index in [-0.39, 0.29) is 23.9 Å². The Morgan fingerprint density at radius 2 is 1.82 bits per heavy atom. The van der Waals surface area contributed by atoms with Crippen LogP contribution in [0.1, 0.15) is 64.6 Å². The second-order valence-corrected chi connectivity index (χ2v) is 11.7. The molecule has 12 nitrogen and oxygen atoms in total. The highest BCUT2D eigenvalue weighted by Gasteiger charge is 2.62. The smallest absolute Gasteiger partial charge is 0.339 e. The van der Waals surface area contributed by atoms with Crippen molar-refractivity contribution in [3.05, 3.63) is 77.0 Å². The first-order valence-electron chi connectivity index (χ1n) is 14.1. The molecule has 1 saturated carbocycles. The summed E-state index contributed by atoms with van der Waals surface area (Å²) in [7, 11) is 0. The van der Waals surface area contributed by atoms with Crippen LogP contribution in [-0.4, -0.2) is 68.9 Å². The number of likely N-dealkylation sites (tertiary alicyclic amines) is 1. The summed E-state index contributed by atoms with van der Waals surface area (Å²) in [6.45, 7) is 2.24. The van der Waals surface area contributed by atoms with Gasteiger partial charge in [-0.25, -0.2) is 18.6 Å². The molecule has 1 atom stereocenters. The number of carbonyl (C=O) groups excluding carboxylic acids is 3. The van der Waals surface area contributed by atoms with E-state index < -0.39 is 54.0 Å². The minimum atomic E-state index is -2.82. The van der Waals surface area contributed by atoms with Gasteiger partial charge in [0.15, 0.2) is 0 Å². The number of halogens is 2. The van der Waals surface area contributed by atoms with Crippen LogP contribution in [0.25, 0.3) is 0 Å². The van der Waals surface area contributed by atoms with Crippen LogP contribution in [0.4, 0.5) is 26.2 Å². The monoisotopic (exact) mass is 607 g/mol. The number of rotatable bonds is 9. The fourth-order valence-corrected chi connectivity index (χ4v) is 5.49. The SMILES string of the molecule is CC1(C)OC(=O)c2ccc(Nc3ncc(C(=O)NNC(=O)C4(N5CC(F)(F)C5)CC4)c(N[C@H](CO)c4ccccc4)n3)cc21. The van der Waals surface area contributed by atoms with Crippen molar-refractivity contribution >= 4 is 35.2 Å². The van der Waals surface area contributed by atoms with Gasteiger partial charge in [0, 0.05) is 17.4 Å². The van der Waals surface area contributed by atoms with Gasteiger partial charge < -0.3 is 20.5 Å². The van der Waals surface area contributed by atoms with Crippen LogP contribution in [-0.2, 0) is 15.1 Å². The summed E-state index contributed by atoms with van der Waals surface area (Å²) in [5.41, 5.74) is 5.25. The minimum absolute atomic E-state index is 0.0420. The van der Waals surface area contributed by atoms with Gasteiger partial charge in [0.25, 0.3) is 17.7 Å². The predicted octanol–water partition coefficient (Wildman–Crippen LogP) is 3.02. The molecule has 3 aromatic rings. The fourth-order valence-electron chi connectivity index (χ4n) is 5.49. The van der Waals surface area contributed by atoms with Crippen LogP contribution in [0.5, 0.6) is 0 Å². The van der Waals surface area contributed by atoms with Crippen molar-refractivity contribution < 1.29 is 33.0 Å². The number of amides is 2. The number of benzene rings is 2. The van der Waals surface area contributed by atoms with E-state index in [1.165, 1.54) is 11.1 Å². The molecular formula is C30H31F2N7O5. The van der Waals surface area contributed by atoms with Gasteiger partial charge in [0.05, 0.1) is 31.3 Å². The van der Waals surface area contributed by atoms with Gasteiger partial charge in [-0.05, 0) is 50.5 Å². The third kappa shape index (κ3) is 5.53. The number of aromatic nitrogens is 2. The van der Waals surface area contributed by atoms with Crippen LogP contribution in [0.2, 0.25) is 0 Å². The normalized spacial score (nSPS) is 19.5. The number of nitrogens with zero attached hydrogens (tertiary/aromatic N) is 3. The Morgan fingerprint density at radius 3 is 2.48 bits per heavy atom. The molecule has 2 fully saturated rings. The number of hydrazine groups is 1. The van der Waals surface area contributed by atoms with Gasteiger partial charge >= 0.3 is 5.97 Å². The van der Waals surface area contributed by atoms with Crippen LogP contribution in [0.3, 0.4) is 0 Å². The van der Waals surface area contributed by atoms with E-state index in [2.05, 4.69) is 31.5 Å². The first kappa shape index (κ1) is 29.4. The maximum absolute atomic E-state index is 13.4. The Morgan fingerprint density at radius 1 is 1.09 bits per heavy atom. The molecule has 3 aliphatic rings. The van der Waals surface area contributed by atoms with Crippen LogP contribution >= 0.6 is 0 Å². The van der Waals surface area contributed by atoms with E-state index in [1.807, 2.05) is 6.07 Å². The lowest BCUT2D eigenvalue weighted by Crippen LogP contribution is -2.65. The zero-order valence-corrected chi connectivity index (χ0v) is 24.0. The number of cyclic esters (lactones) is 1. The van der Waals surface area contributed by atoms with Crippen LogP contribution < -0.4 is 21.5 Å². The highest BCUT2D eigenvalue weighted by Crippen LogP contribution is 2.47. The van der Waals surface area contributed by atoms with Gasteiger partial charge in [0.2, 0.25) is 5.95 Å². The summed E-state index contributed by atoms with van der Waals surface area (Å²) in [4.78, 5) is 48.5. The molecule has 2 amide bonds. The van der Waals surface area contributed by atoms with Gasteiger partial charge in [-0.1, -0.05) is 30.3 Å². The van der Waals surface area contributed by atoms with Crippen LogP contribution in [0.15, 0.2) is 54.7 Å². The van der Waals surface area contributed by atoms with E-state index >= 15 is 0 Å². The predicted molar refractivity (Wildman–Crippen MR) is 154 cm³/mol. The first-order chi connectivity index (χ1) is 20.9. The number of alkyl halides is 2. The number of esters is 1. The molecule has 1 saturated heterocycles. The molecule has 1 aromatic heterocycles. The second kappa shape index (κ2) is 10.8. The van der Waals surface area contributed by atoms with E-state index in [0.717, 1.165) is 5.56 Å². The third-order valence-electron chi connectivity index (χ3n) is 8.11. The summed E-state index contributed by atoms with van der Waals surface area (Å²) in [5.74, 6) is -4.40. The Labute approximate surface area is 251 Å². The minimum Gasteiger partial charge on any atom is -0.451 e. The molecule has 3 heterocycles. The molecule has 14 heteroatoms.